The van der Waals surface area contributed by atoms with E-state index in [-0.39, 0.29) is 36.4 Å². The molecule has 0 radical (unpaired) electrons. The number of aliphatic carboxylic acids is 1. The molecule has 2 heterocycles. The third kappa shape index (κ3) is 2.53. The Morgan fingerprint density at radius 3 is 2.64 bits per heavy atom. The van der Waals surface area contributed by atoms with Crippen LogP contribution in [0.3, 0.4) is 0 Å². The lowest BCUT2D eigenvalue weighted by Crippen LogP contribution is -2.40. The molecule has 3 rings (SSSR count). The smallest absolute Gasteiger partial charge is 0.417 e. The molecule has 2 aromatic rings. The van der Waals surface area contributed by atoms with Crippen molar-refractivity contribution in [1.29, 1.82) is 0 Å². The first-order chi connectivity index (χ1) is 10.4. The summed E-state index contributed by atoms with van der Waals surface area (Å²) in [5.74, 6) is -2.05. The van der Waals surface area contributed by atoms with Crippen molar-refractivity contribution in [3.63, 3.8) is 0 Å². The second kappa shape index (κ2) is 5.25. The highest BCUT2D eigenvalue weighted by molar-refractivity contribution is 7.89. The van der Waals surface area contributed by atoms with Gasteiger partial charge in [0.2, 0.25) is 10.0 Å². The number of oxazole rings is 1. The van der Waals surface area contributed by atoms with Gasteiger partial charge in [0.15, 0.2) is 5.58 Å². The molecule has 8 nitrogen and oxygen atoms in total. The molecule has 9 heteroatoms. The van der Waals surface area contributed by atoms with Gasteiger partial charge in [-0.05, 0) is 25.0 Å². The average molecular weight is 326 g/mol. The molecule has 1 fully saturated rings. The molecule has 0 amide bonds. The number of aromatic amines is 1. The van der Waals surface area contributed by atoms with E-state index in [0.29, 0.717) is 5.52 Å². The van der Waals surface area contributed by atoms with Crippen LogP contribution in [-0.4, -0.2) is 41.9 Å². The number of piperidine rings is 1. The number of hydrogen-bond donors (Lipinski definition) is 2. The zero-order chi connectivity index (χ0) is 15.9. The normalized spacial score (nSPS) is 17.8. The van der Waals surface area contributed by atoms with E-state index in [0.717, 1.165) is 0 Å². The molecule has 0 unspecified atom stereocenters. The Hall–Kier alpha value is -2.13. The van der Waals surface area contributed by atoms with Crippen molar-refractivity contribution in [2.75, 3.05) is 13.1 Å². The van der Waals surface area contributed by atoms with Gasteiger partial charge < -0.3 is 9.52 Å². The third-order valence-electron chi connectivity index (χ3n) is 3.83. The van der Waals surface area contributed by atoms with Crippen LogP contribution in [0.4, 0.5) is 0 Å². The Morgan fingerprint density at radius 1 is 1.32 bits per heavy atom. The molecule has 1 saturated heterocycles. The molecule has 0 aliphatic carbocycles. The number of nitrogens with zero attached hydrogens (tertiary/aromatic N) is 1. The summed E-state index contributed by atoms with van der Waals surface area (Å²) in [6.45, 7) is 0.322. The Bertz CT molecular complexity index is 873. The van der Waals surface area contributed by atoms with Crippen LogP contribution in [0.25, 0.3) is 11.1 Å². The fraction of sp³-hybridized carbons (Fsp3) is 0.385. The summed E-state index contributed by atoms with van der Waals surface area (Å²) in [7, 11) is -3.73. The first kappa shape index (κ1) is 14.8. The molecular formula is C13H14N2O6S. The van der Waals surface area contributed by atoms with Crippen molar-refractivity contribution in [2.24, 2.45) is 5.92 Å². The molecule has 1 aromatic heterocycles. The first-order valence-electron chi connectivity index (χ1n) is 6.74. The van der Waals surface area contributed by atoms with E-state index in [1.54, 1.807) is 0 Å². The van der Waals surface area contributed by atoms with Crippen LogP contribution in [0, 0.1) is 5.92 Å². The van der Waals surface area contributed by atoms with E-state index >= 15 is 0 Å². The molecule has 0 saturated carbocycles. The van der Waals surface area contributed by atoms with E-state index < -0.39 is 27.7 Å². The Balaban J connectivity index is 1.88. The number of carbonyl (C=O) groups is 1. The largest absolute Gasteiger partial charge is 0.481 e. The molecule has 0 spiro atoms. The van der Waals surface area contributed by atoms with Gasteiger partial charge in [0, 0.05) is 19.2 Å². The summed E-state index contributed by atoms with van der Waals surface area (Å²) in [5.41, 5.74) is 0.597. The molecular weight excluding hydrogens is 312 g/mol. The average Bonchev–Trinajstić information content (AvgIpc) is 2.86. The zero-order valence-electron chi connectivity index (χ0n) is 11.5. The topological polar surface area (TPSA) is 121 Å². The minimum absolute atomic E-state index is 0.0246. The van der Waals surface area contributed by atoms with Crippen LogP contribution >= 0.6 is 0 Å². The van der Waals surface area contributed by atoms with E-state index in [4.69, 9.17) is 9.52 Å². The summed E-state index contributed by atoms with van der Waals surface area (Å²) in [5, 5.41) is 8.95. The molecule has 1 aliphatic rings. The summed E-state index contributed by atoms with van der Waals surface area (Å²) >= 11 is 0. The van der Waals surface area contributed by atoms with Gasteiger partial charge in [-0.15, -0.1) is 0 Å². The molecule has 0 atom stereocenters. The SMILES string of the molecule is O=C(O)C1CCN(S(=O)(=O)c2ccc3[nH]c(=O)oc3c2)CC1. The van der Waals surface area contributed by atoms with Crippen LogP contribution in [0.2, 0.25) is 0 Å². The van der Waals surface area contributed by atoms with Gasteiger partial charge in [-0.2, -0.15) is 4.31 Å². The Morgan fingerprint density at radius 2 is 2.00 bits per heavy atom. The predicted molar refractivity (Wildman–Crippen MR) is 76.0 cm³/mol. The number of carboxylic acid groups (broad SMARTS) is 1. The van der Waals surface area contributed by atoms with Crippen molar-refractivity contribution in [3.8, 4) is 0 Å². The molecule has 1 aliphatic heterocycles. The fourth-order valence-electron chi connectivity index (χ4n) is 2.58. The summed E-state index contributed by atoms with van der Waals surface area (Å²) in [6.07, 6.45) is 0.575. The van der Waals surface area contributed by atoms with E-state index in [9.17, 15) is 18.0 Å². The van der Waals surface area contributed by atoms with Gasteiger partial charge >= 0.3 is 11.7 Å². The highest BCUT2D eigenvalue weighted by Crippen LogP contribution is 2.25. The van der Waals surface area contributed by atoms with Crippen LogP contribution in [0.5, 0.6) is 0 Å². The van der Waals surface area contributed by atoms with Gasteiger partial charge in [0.1, 0.15) is 0 Å². The number of rotatable bonds is 3. The van der Waals surface area contributed by atoms with Crippen molar-refractivity contribution < 1.29 is 22.7 Å². The molecule has 0 bridgehead atoms. The lowest BCUT2D eigenvalue weighted by Gasteiger charge is -2.29. The van der Waals surface area contributed by atoms with E-state index in [1.165, 1.54) is 22.5 Å². The lowest BCUT2D eigenvalue weighted by atomic mass is 9.99. The zero-order valence-corrected chi connectivity index (χ0v) is 12.3. The third-order valence-corrected chi connectivity index (χ3v) is 5.73. The monoisotopic (exact) mass is 326 g/mol. The lowest BCUT2D eigenvalue weighted by molar-refractivity contribution is -0.142. The predicted octanol–water partition coefficient (Wildman–Crippen LogP) is 0.606. The second-order valence-electron chi connectivity index (χ2n) is 5.19. The van der Waals surface area contributed by atoms with Crippen molar-refractivity contribution >= 4 is 27.1 Å². The van der Waals surface area contributed by atoms with E-state index in [1.807, 2.05) is 0 Å². The number of aromatic nitrogens is 1. The number of carboxylic acids is 1. The van der Waals surface area contributed by atoms with Crippen LogP contribution in [0.15, 0.2) is 32.3 Å². The number of hydrogen-bond acceptors (Lipinski definition) is 5. The second-order valence-corrected chi connectivity index (χ2v) is 7.13. The van der Waals surface area contributed by atoms with Crippen molar-refractivity contribution in [2.45, 2.75) is 17.7 Å². The Labute approximate surface area is 125 Å². The van der Waals surface area contributed by atoms with Crippen LogP contribution < -0.4 is 5.76 Å². The minimum atomic E-state index is -3.73. The van der Waals surface area contributed by atoms with Crippen LogP contribution in [-0.2, 0) is 14.8 Å². The highest BCUT2D eigenvalue weighted by Gasteiger charge is 2.32. The summed E-state index contributed by atoms with van der Waals surface area (Å²) in [4.78, 5) is 24.5. The number of benzene rings is 1. The van der Waals surface area contributed by atoms with Gasteiger partial charge in [0.25, 0.3) is 0 Å². The molecule has 118 valence electrons. The Kier molecular flexibility index (Phi) is 3.53. The highest BCUT2D eigenvalue weighted by atomic mass is 32.2. The first-order valence-corrected chi connectivity index (χ1v) is 8.18. The fourth-order valence-corrected chi connectivity index (χ4v) is 4.06. The number of H-pyrrole nitrogens is 1. The maximum Gasteiger partial charge on any atom is 0.417 e. The van der Waals surface area contributed by atoms with Gasteiger partial charge in [0.05, 0.1) is 16.3 Å². The summed E-state index contributed by atoms with van der Waals surface area (Å²) < 4.78 is 31.3. The quantitative estimate of drug-likeness (QED) is 0.852. The maximum atomic E-state index is 12.6. The van der Waals surface area contributed by atoms with Crippen molar-refractivity contribution in [1.82, 2.24) is 9.29 Å². The van der Waals surface area contributed by atoms with Crippen molar-refractivity contribution in [3.05, 3.63) is 28.7 Å². The van der Waals surface area contributed by atoms with Gasteiger partial charge in [-0.3, -0.25) is 9.78 Å². The van der Waals surface area contributed by atoms with Gasteiger partial charge in [-0.1, -0.05) is 0 Å². The number of sulfonamides is 1. The summed E-state index contributed by atoms with van der Waals surface area (Å²) in [6, 6.07) is 4.16. The maximum absolute atomic E-state index is 12.6. The van der Waals surface area contributed by atoms with E-state index in [2.05, 4.69) is 4.98 Å². The van der Waals surface area contributed by atoms with Crippen LogP contribution in [0.1, 0.15) is 12.8 Å². The minimum Gasteiger partial charge on any atom is -0.481 e. The number of fused-ring (bicyclic) bond motifs is 1. The number of nitrogens with one attached hydrogen (secondary N) is 1. The van der Waals surface area contributed by atoms with Gasteiger partial charge in [-0.25, -0.2) is 13.2 Å². The molecule has 2 N–H and O–H groups in total. The molecule has 22 heavy (non-hydrogen) atoms. The molecule has 1 aromatic carbocycles. The standard InChI is InChI=1S/C13H14N2O6S/c16-12(17)8-3-5-15(6-4-8)22(19,20)9-1-2-10-11(7-9)21-13(18)14-10/h1-2,7-8H,3-6H2,(H,14,18)(H,16,17).